The van der Waals surface area contributed by atoms with Crippen molar-refractivity contribution in [2.24, 2.45) is 0 Å². The third kappa shape index (κ3) is 5.10. The van der Waals surface area contributed by atoms with Crippen LogP contribution in [-0.4, -0.2) is 48.1 Å². The van der Waals surface area contributed by atoms with E-state index in [-0.39, 0.29) is 18.1 Å². The molecule has 0 spiro atoms. The number of ether oxygens (including phenoxy) is 3. The molecule has 162 valence electrons. The number of hydrogen-bond donors (Lipinski definition) is 2. The Balaban J connectivity index is 1.71. The van der Waals surface area contributed by atoms with Crippen molar-refractivity contribution >= 4 is 23.2 Å². The van der Waals surface area contributed by atoms with E-state index < -0.39 is 5.91 Å². The number of nitrogens with zero attached hydrogens (tertiary/aromatic N) is 3. The van der Waals surface area contributed by atoms with Gasteiger partial charge in [0.15, 0.2) is 5.69 Å². The summed E-state index contributed by atoms with van der Waals surface area (Å²) >= 11 is 0. The van der Waals surface area contributed by atoms with Gasteiger partial charge in [0.05, 0.1) is 32.7 Å². The van der Waals surface area contributed by atoms with Crippen molar-refractivity contribution in [1.82, 2.24) is 15.0 Å². The summed E-state index contributed by atoms with van der Waals surface area (Å²) in [5, 5.41) is 13.4. The summed E-state index contributed by atoms with van der Waals surface area (Å²) in [5.74, 6) is 0.857. The molecule has 0 saturated heterocycles. The first-order chi connectivity index (χ1) is 14.9. The van der Waals surface area contributed by atoms with Gasteiger partial charge >= 0.3 is 0 Å². The number of hydrogen-bond acceptors (Lipinski definition) is 7. The van der Waals surface area contributed by atoms with Crippen LogP contribution in [0, 0.1) is 6.92 Å². The first-order valence-corrected chi connectivity index (χ1v) is 9.32. The fourth-order valence-corrected chi connectivity index (χ4v) is 2.85. The molecule has 2 amide bonds. The van der Waals surface area contributed by atoms with E-state index in [1.807, 2.05) is 0 Å². The smallest absolute Gasteiger partial charge is 0.278 e. The van der Waals surface area contributed by atoms with E-state index in [1.54, 1.807) is 56.5 Å². The monoisotopic (exact) mass is 425 g/mol. The molecule has 0 aliphatic heterocycles. The molecule has 0 radical (unpaired) electrons. The van der Waals surface area contributed by atoms with Crippen LogP contribution in [-0.2, 0) is 11.3 Å². The summed E-state index contributed by atoms with van der Waals surface area (Å²) in [6.07, 6.45) is 0. The van der Waals surface area contributed by atoms with E-state index in [0.717, 1.165) is 0 Å². The number of nitrogens with one attached hydrogen (secondary N) is 2. The van der Waals surface area contributed by atoms with Crippen LogP contribution >= 0.6 is 0 Å². The van der Waals surface area contributed by atoms with Crippen LogP contribution in [0.4, 0.5) is 11.4 Å². The molecular formula is C21H23N5O5. The molecule has 3 aromatic rings. The number of carbonyl (C=O) groups excluding carboxylic acids is 2. The van der Waals surface area contributed by atoms with Crippen LogP contribution in [0.15, 0.2) is 42.5 Å². The predicted molar refractivity (Wildman–Crippen MR) is 114 cm³/mol. The first kappa shape index (κ1) is 21.6. The highest BCUT2D eigenvalue weighted by Crippen LogP contribution is 2.29. The van der Waals surface area contributed by atoms with Gasteiger partial charge in [-0.15, -0.1) is 5.10 Å². The van der Waals surface area contributed by atoms with Crippen molar-refractivity contribution in [3.05, 3.63) is 53.9 Å². The quantitative estimate of drug-likeness (QED) is 0.569. The van der Waals surface area contributed by atoms with Crippen LogP contribution in [0.3, 0.4) is 0 Å². The Morgan fingerprint density at radius 2 is 1.71 bits per heavy atom. The van der Waals surface area contributed by atoms with Gasteiger partial charge in [-0.1, -0.05) is 11.3 Å². The molecule has 0 aliphatic carbocycles. The van der Waals surface area contributed by atoms with E-state index in [9.17, 15) is 9.59 Å². The Morgan fingerprint density at radius 1 is 0.968 bits per heavy atom. The lowest BCUT2D eigenvalue weighted by Crippen LogP contribution is -2.21. The highest BCUT2D eigenvalue weighted by atomic mass is 16.5. The predicted octanol–water partition coefficient (Wildman–Crippen LogP) is 2.50. The number of carbonyl (C=O) groups is 2. The molecule has 1 aromatic heterocycles. The summed E-state index contributed by atoms with van der Waals surface area (Å²) in [5.41, 5.74) is 1.56. The number of benzene rings is 2. The third-order valence-electron chi connectivity index (χ3n) is 4.50. The average molecular weight is 425 g/mol. The molecule has 10 heteroatoms. The minimum Gasteiger partial charge on any atom is -0.497 e. The van der Waals surface area contributed by atoms with Gasteiger partial charge in [-0.05, 0) is 31.2 Å². The van der Waals surface area contributed by atoms with E-state index in [4.69, 9.17) is 14.2 Å². The molecule has 0 aliphatic rings. The largest absolute Gasteiger partial charge is 0.497 e. The summed E-state index contributed by atoms with van der Waals surface area (Å²) in [6, 6.07) is 12.0. The SMILES string of the molecule is COc1cccc(NC(=O)Cn2nnc(C(=O)Nc3cc(OC)ccc3OC)c2C)c1. The highest BCUT2D eigenvalue weighted by Gasteiger charge is 2.19. The Bertz CT molecular complexity index is 1100. The molecule has 0 atom stereocenters. The average Bonchev–Trinajstić information content (AvgIpc) is 3.13. The second kappa shape index (κ2) is 9.61. The summed E-state index contributed by atoms with van der Waals surface area (Å²) in [4.78, 5) is 25.1. The molecule has 0 unspecified atom stereocenters. The van der Waals surface area contributed by atoms with Gasteiger partial charge in [0, 0.05) is 17.8 Å². The van der Waals surface area contributed by atoms with Crippen molar-refractivity contribution in [2.75, 3.05) is 32.0 Å². The van der Waals surface area contributed by atoms with Crippen molar-refractivity contribution in [3.8, 4) is 17.2 Å². The van der Waals surface area contributed by atoms with Gasteiger partial charge in [-0.3, -0.25) is 9.59 Å². The second-order valence-corrected chi connectivity index (χ2v) is 6.48. The summed E-state index contributed by atoms with van der Waals surface area (Å²) in [6.45, 7) is 1.56. The van der Waals surface area contributed by atoms with E-state index in [0.29, 0.717) is 34.3 Å². The lowest BCUT2D eigenvalue weighted by Gasteiger charge is -2.11. The maximum Gasteiger partial charge on any atom is 0.278 e. The van der Waals surface area contributed by atoms with E-state index in [1.165, 1.54) is 18.9 Å². The molecule has 0 saturated carbocycles. The van der Waals surface area contributed by atoms with Gasteiger partial charge in [-0.2, -0.15) is 0 Å². The van der Waals surface area contributed by atoms with Gasteiger partial charge < -0.3 is 24.8 Å². The summed E-state index contributed by atoms with van der Waals surface area (Å²) in [7, 11) is 4.58. The zero-order chi connectivity index (χ0) is 22.4. The minimum absolute atomic E-state index is 0.0963. The van der Waals surface area contributed by atoms with Crippen LogP contribution in [0.1, 0.15) is 16.2 Å². The molecular weight excluding hydrogens is 402 g/mol. The molecule has 2 N–H and O–H groups in total. The van der Waals surface area contributed by atoms with Crippen LogP contribution < -0.4 is 24.8 Å². The van der Waals surface area contributed by atoms with Gasteiger partial charge in [0.25, 0.3) is 5.91 Å². The zero-order valence-corrected chi connectivity index (χ0v) is 17.6. The zero-order valence-electron chi connectivity index (χ0n) is 17.6. The first-order valence-electron chi connectivity index (χ1n) is 9.32. The molecule has 31 heavy (non-hydrogen) atoms. The Labute approximate surface area is 179 Å². The summed E-state index contributed by atoms with van der Waals surface area (Å²) < 4.78 is 17.0. The third-order valence-corrected chi connectivity index (χ3v) is 4.50. The van der Waals surface area contributed by atoms with E-state index in [2.05, 4.69) is 20.9 Å². The van der Waals surface area contributed by atoms with Crippen LogP contribution in [0.25, 0.3) is 0 Å². The number of methoxy groups -OCH3 is 3. The Morgan fingerprint density at radius 3 is 2.42 bits per heavy atom. The lowest BCUT2D eigenvalue weighted by molar-refractivity contribution is -0.117. The lowest BCUT2D eigenvalue weighted by atomic mass is 10.2. The molecule has 2 aromatic carbocycles. The van der Waals surface area contributed by atoms with Crippen LogP contribution in [0.2, 0.25) is 0 Å². The fraction of sp³-hybridized carbons (Fsp3) is 0.238. The van der Waals surface area contributed by atoms with Crippen molar-refractivity contribution in [3.63, 3.8) is 0 Å². The molecule has 0 bridgehead atoms. The normalized spacial score (nSPS) is 10.3. The van der Waals surface area contributed by atoms with E-state index >= 15 is 0 Å². The molecule has 3 rings (SSSR count). The number of rotatable bonds is 8. The fourth-order valence-electron chi connectivity index (χ4n) is 2.85. The molecule has 1 heterocycles. The van der Waals surface area contributed by atoms with Crippen molar-refractivity contribution in [1.29, 1.82) is 0 Å². The van der Waals surface area contributed by atoms with Crippen molar-refractivity contribution < 1.29 is 23.8 Å². The molecule has 0 fully saturated rings. The topological polar surface area (TPSA) is 117 Å². The van der Waals surface area contributed by atoms with Gasteiger partial charge in [0.2, 0.25) is 5.91 Å². The standard InChI is InChI=1S/C21H23N5O5/c1-13-20(21(28)23-17-11-16(30-3)8-9-18(17)31-4)24-25-26(13)12-19(27)22-14-6-5-7-15(10-14)29-2/h5-11H,12H2,1-4H3,(H,22,27)(H,23,28). The molecule has 10 nitrogen and oxygen atoms in total. The maximum absolute atomic E-state index is 12.7. The highest BCUT2D eigenvalue weighted by molar-refractivity contribution is 6.04. The Hall–Kier alpha value is -4.08. The minimum atomic E-state index is -0.483. The van der Waals surface area contributed by atoms with Gasteiger partial charge in [-0.25, -0.2) is 4.68 Å². The Kier molecular flexibility index (Phi) is 6.71. The number of aromatic nitrogens is 3. The van der Waals surface area contributed by atoms with Crippen molar-refractivity contribution in [2.45, 2.75) is 13.5 Å². The number of anilines is 2. The number of amides is 2. The van der Waals surface area contributed by atoms with Crippen LogP contribution in [0.5, 0.6) is 17.2 Å². The maximum atomic E-state index is 12.7. The van der Waals surface area contributed by atoms with Gasteiger partial charge in [0.1, 0.15) is 23.8 Å². The second-order valence-electron chi connectivity index (χ2n) is 6.48.